The number of carbonyl (C=O) groups excluding carboxylic acids is 4. The first kappa shape index (κ1) is 43.8. The molecule has 16 heteroatoms. The number of fused-ring (bicyclic) bond motifs is 1. The third kappa shape index (κ3) is 11.3. The number of rotatable bonds is 19. The van der Waals surface area contributed by atoms with Gasteiger partial charge in [-0.25, -0.2) is 9.36 Å². The molecule has 3 aromatic carbocycles. The molecule has 0 bridgehead atoms. The van der Waals surface area contributed by atoms with Crippen molar-refractivity contribution in [1.82, 2.24) is 26.2 Å². The Bertz CT molecular complexity index is 1870. The summed E-state index contributed by atoms with van der Waals surface area (Å²) in [5, 5.41) is 12.3. The highest BCUT2D eigenvalue weighted by atomic mass is 32.2. The van der Waals surface area contributed by atoms with E-state index in [0.717, 1.165) is 33.9 Å². The summed E-state index contributed by atoms with van der Waals surface area (Å²) >= 11 is 4.98. The first-order valence-corrected chi connectivity index (χ1v) is 25.0. The molecule has 3 aromatic rings. The van der Waals surface area contributed by atoms with Crippen molar-refractivity contribution in [3.05, 3.63) is 84.4 Å². The van der Waals surface area contributed by atoms with Crippen molar-refractivity contribution >= 4 is 66.6 Å². The van der Waals surface area contributed by atoms with Crippen molar-refractivity contribution in [2.75, 3.05) is 24.8 Å². The van der Waals surface area contributed by atoms with Crippen LogP contribution in [-0.2, 0) is 25.4 Å². The summed E-state index contributed by atoms with van der Waals surface area (Å²) in [6.07, 6.45) is 7.71. The Kier molecular flexibility index (Phi) is 15.4. The monoisotopic (exact) mass is 867 g/mol. The van der Waals surface area contributed by atoms with Gasteiger partial charge in [0.25, 0.3) is 0 Å². The second-order valence-electron chi connectivity index (χ2n) is 15.1. The Morgan fingerprint density at radius 3 is 2.14 bits per heavy atom. The van der Waals surface area contributed by atoms with Gasteiger partial charge in [-0.05, 0) is 98.2 Å². The summed E-state index contributed by atoms with van der Waals surface area (Å²) in [7, 11) is -4.23. The number of hydrogen-bond donors (Lipinski definition) is 4. The Morgan fingerprint density at radius 2 is 1.53 bits per heavy atom. The molecule has 6 rings (SSSR count). The minimum absolute atomic E-state index is 0.113. The Hall–Kier alpha value is -3.78. The molecular weight excluding hydrogens is 814 g/mol. The van der Waals surface area contributed by atoms with Crippen LogP contribution in [0.15, 0.2) is 88.7 Å². The molecule has 12 nitrogen and oxygen atoms in total. The number of nitrogens with zero attached hydrogens (tertiary/aromatic N) is 1. The molecular formula is C42H54N5O7PS3. The molecule has 58 heavy (non-hydrogen) atoms. The van der Waals surface area contributed by atoms with Gasteiger partial charge in [-0.2, -0.15) is 11.8 Å². The lowest BCUT2D eigenvalue weighted by atomic mass is 10.0. The average molecular weight is 868 g/mol. The van der Waals surface area contributed by atoms with E-state index < -0.39 is 31.4 Å². The van der Waals surface area contributed by atoms with Crippen molar-refractivity contribution < 1.29 is 32.8 Å². The van der Waals surface area contributed by atoms with Crippen LogP contribution < -0.4 is 30.3 Å². The van der Waals surface area contributed by atoms with Crippen LogP contribution in [0.3, 0.4) is 0 Å². The highest BCUT2D eigenvalue weighted by Crippen LogP contribution is 2.53. The number of unbranched alkanes of at least 4 members (excludes halogenated alkanes) is 1. The third-order valence-corrected chi connectivity index (χ3v) is 15.7. The highest BCUT2D eigenvalue weighted by molar-refractivity contribution is 8.00. The predicted molar refractivity (Wildman–Crippen MR) is 233 cm³/mol. The van der Waals surface area contributed by atoms with E-state index in [1.54, 1.807) is 52.7 Å². The van der Waals surface area contributed by atoms with Crippen molar-refractivity contribution in [1.29, 1.82) is 0 Å². The first-order valence-electron chi connectivity index (χ1n) is 19.9. The van der Waals surface area contributed by atoms with Gasteiger partial charge < -0.3 is 35.2 Å². The van der Waals surface area contributed by atoms with Gasteiger partial charge in [0.15, 0.2) is 5.78 Å². The van der Waals surface area contributed by atoms with E-state index >= 15 is 4.57 Å². The fraction of sp³-hybridized carbons (Fsp3) is 0.476. The Morgan fingerprint density at radius 1 is 0.897 bits per heavy atom. The fourth-order valence-corrected chi connectivity index (χ4v) is 11.8. The maximum Gasteiger partial charge on any atom is 0.453 e. The average Bonchev–Trinajstić information content (AvgIpc) is 3.96. The molecule has 0 spiro atoms. The van der Waals surface area contributed by atoms with E-state index in [1.807, 2.05) is 92.7 Å². The van der Waals surface area contributed by atoms with Crippen LogP contribution in [0.5, 0.6) is 11.5 Å². The standard InChI is InChI=1S/C42H54N5O7PS3/c1-27(2)38(44-36(48)15-9-8-14-35-39-33(26-58-35)43-42(51)46-39)41(50)47-24-10-13-34(47)40(49)45-37(25-28-11-6-5-7-12-28)55(52,53-29-16-20-31(56-3)21-17-29)54-30-18-22-32(57-4)23-19-30/h5-7,11-12,16-23,27,33-35,37-39H,8-10,13-15,24-26H2,1-4H3,(H,44,48)(H,45,49)(H2,43,46,51). The van der Waals surface area contributed by atoms with Crippen molar-refractivity contribution in [3.8, 4) is 11.5 Å². The van der Waals surface area contributed by atoms with E-state index in [4.69, 9.17) is 9.05 Å². The Labute approximate surface area is 354 Å². The lowest BCUT2D eigenvalue weighted by molar-refractivity contribution is -0.142. The lowest BCUT2D eigenvalue weighted by Gasteiger charge is -2.33. The van der Waals surface area contributed by atoms with E-state index in [9.17, 15) is 19.2 Å². The summed E-state index contributed by atoms with van der Waals surface area (Å²) < 4.78 is 27.9. The minimum Gasteiger partial charge on any atom is -0.415 e. The number of carbonyl (C=O) groups is 4. The van der Waals surface area contributed by atoms with E-state index in [2.05, 4.69) is 21.3 Å². The summed E-state index contributed by atoms with van der Waals surface area (Å²) in [4.78, 5) is 57.1. The van der Waals surface area contributed by atoms with Gasteiger partial charge in [0.05, 0.1) is 12.1 Å². The number of urea groups is 1. The number of amides is 5. The van der Waals surface area contributed by atoms with Crippen LogP contribution in [0.2, 0.25) is 0 Å². The highest BCUT2D eigenvalue weighted by Gasteiger charge is 2.45. The molecule has 0 aliphatic carbocycles. The van der Waals surface area contributed by atoms with Crippen molar-refractivity contribution in [2.45, 2.75) is 104 Å². The van der Waals surface area contributed by atoms with Crippen molar-refractivity contribution in [2.24, 2.45) is 5.92 Å². The number of hydrogen-bond acceptors (Lipinski definition) is 10. The topological polar surface area (TPSA) is 155 Å². The van der Waals surface area contributed by atoms with Gasteiger partial charge in [-0.3, -0.25) is 14.4 Å². The summed E-state index contributed by atoms with van der Waals surface area (Å²) in [5.74, 6) is -0.822. The van der Waals surface area contributed by atoms with Crippen LogP contribution in [0.25, 0.3) is 0 Å². The van der Waals surface area contributed by atoms with Crippen LogP contribution in [-0.4, -0.2) is 88.7 Å². The molecule has 0 radical (unpaired) electrons. The molecule has 6 unspecified atom stereocenters. The molecule has 3 aliphatic rings. The minimum atomic E-state index is -4.23. The second-order valence-corrected chi connectivity index (χ2v) is 20.2. The maximum atomic E-state index is 15.3. The zero-order valence-electron chi connectivity index (χ0n) is 33.4. The third-order valence-electron chi connectivity index (χ3n) is 10.7. The number of nitrogens with one attached hydrogen (secondary N) is 4. The van der Waals surface area contributed by atoms with Gasteiger partial charge >= 0.3 is 13.6 Å². The summed E-state index contributed by atoms with van der Waals surface area (Å²) in [6.45, 7) is 4.11. The molecule has 3 aliphatic heterocycles. The number of likely N-dealkylation sites (tertiary alicyclic amines) is 1. The van der Waals surface area contributed by atoms with Crippen LogP contribution in [0.4, 0.5) is 4.79 Å². The molecule has 0 aromatic heterocycles. The molecule has 0 saturated carbocycles. The van der Waals surface area contributed by atoms with Gasteiger partial charge in [0.1, 0.15) is 23.6 Å². The molecule has 312 valence electrons. The zero-order valence-corrected chi connectivity index (χ0v) is 36.7. The Balaban J connectivity index is 1.15. The quantitative estimate of drug-likeness (QED) is 0.0417. The molecule has 3 heterocycles. The zero-order chi connectivity index (χ0) is 41.2. The molecule has 4 N–H and O–H groups in total. The van der Waals surface area contributed by atoms with Gasteiger partial charge in [0.2, 0.25) is 17.7 Å². The van der Waals surface area contributed by atoms with Crippen LogP contribution >= 0.6 is 42.9 Å². The van der Waals surface area contributed by atoms with Gasteiger partial charge in [-0.1, -0.05) is 50.6 Å². The van der Waals surface area contributed by atoms with Gasteiger partial charge in [-0.15, -0.1) is 23.5 Å². The fourth-order valence-electron chi connectivity index (χ4n) is 7.57. The molecule has 6 atom stereocenters. The van der Waals surface area contributed by atoms with Crippen molar-refractivity contribution in [3.63, 3.8) is 0 Å². The summed E-state index contributed by atoms with van der Waals surface area (Å²) in [5.41, 5.74) is 0.811. The summed E-state index contributed by atoms with van der Waals surface area (Å²) in [6, 6.07) is 22.3. The second kappa shape index (κ2) is 20.5. The number of benzene rings is 3. The molecule has 3 fully saturated rings. The molecule has 5 amide bonds. The van der Waals surface area contributed by atoms with Crippen LogP contribution in [0, 0.1) is 5.92 Å². The van der Waals surface area contributed by atoms with Crippen LogP contribution in [0.1, 0.15) is 57.9 Å². The number of thioether (sulfide) groups is 3. The maximum absolute atomic E-state index is 15.3. The van der Waals surface area contributed by atoms with Gasteiger partial charge in [0, 0.05) is 40.2 Å². The normalized spacial score (nSPS) is 21.1. The first-order chi connectivity index (χ1) is 28.0. The molecule has 3 saturated heterocycles. The lowest BCUT2D eigenvalue weighted by Crippen LogP contribution is -2.56. The van der Waals surface area contributed by atoms with E-state index in [0.29, 0.717) is 42.6 Å². The largest absolute Gasteiger partial charge is 0.453 e. The smallest absolute Gasteiger partial charge is 0.415 e. The predicted octanol–water partition coefficient (Wildman–Crippen LogP) is 7.32. The SMILES string of the molecule is CSc1ccc(OP(=O)(Oc2ccc(SC)cc2)C(Cc2ccccc2)NC(=O)C2CCCN2C(=O)C(NC(=O)CCCCC2SCC3NC(=O)NC32)C(C)C)cc1. The van der Waals surface area contributed by atoms with E-state index in [-0.39, 0.29) is 48.7 Å². The van der Waals surface area contributed by atoms with E-state index in [1.165, 1.54) is 0 Å².